The number of hydrogen-bond donors (Lipinski definition) is 0. The molecule has 0 amide bonds. The van der Waals surface area contributed by atoms with E-state index < -0.39 is 6.10 Å². The molecular weight excluding hydrogens is 260 g/mol. The van der Waals surface area contributed by atoms with E-state index in [0.717, 1.165) is 10.6 Å². The first kappa shape index (κ1) is 13.2. The number of nitrogens with zero attached hydrogens (tertiary/aromatic N) is 2. The molecule has 96 valence electrons. The molecule has 1 aromatic carbocycles. The van der Waals surface area contributed by atoms with Gasteiger partial charge >= 0.3 is 5.97 Å². The number of carbonyl (C=O) groups is 1. The molecular formula is C14H12N2O2S. The van der Waals surface area contributed by atoms with Crippen molar-refractivity contribution in [1.82, 2.24) is 4.98 Å². The molecule has 4 nitrogen and oxygen atoms in total. The van der Waals surface area contributed by atoms with Crippen LogP contribution in [0.5, 0.6) is 0 Å². The van der Waals surface area contributed by atoms with Gasteiger partial charge in [0, 0.05) is 0 Å². The van der Waals surface area contributed by atoms with Gasteiger partial charge in [-0.3, -0.25) is 0 Å². The van der Waals surface area contributed by atoms with E-state index >= 15 is 0 Å². The molecule has 0 bridgehead atoms. The van der Waals surface area contributed by atoms with Crippen LogP contribution in [0.4, 0.5) is 0 Å². The fourth-order valence-electron chi connectivity index (χ4n) is 1.60. The number of esters is 1. The molecule has 19 heavy (non-hydrogen) atoms. The molecule has 1 atom stereocenters. The zero-order chi connectivity index (χ0) is 13.8. The van der Waals surface area contributed by atoms with Crippen LogP contribution < -0.4 is 0 Å². The van der Waals surface area contributed by atoms with Crippen molar-refractivity contribution in [3.63, 3.8) is 0 Å². The molecule has 0 radical (unpaired) electrons. The highest BCUT2D eigenvalue weighted by atomic mass is 32.1. The Morgan fingerprint density at radius 1 is 1.53 bits per heavy atom. The third kappa shape index (κ3) is 3.18. The summed E-state index contributed by atoms with van der Waals surface area (Å²) in [6.07, 6.45) is 1.11. The van der Waals surface area contributed by atoms with Crippen LogP contribution in [0.3, 0.4) is 0 Å². The van der Waals surface area contributed by atoms with Crippen molar-refractivity contribution in [2.75, 3.05) is 0 Å². The minimum absolute atomic E-state index is 0.388. The van der Waals surface area contributed by atoms with E-state index in [1.54, 1.807) is 25.1 Å². The van der Waals surface area contributed by atoms with Crippen molar-refractivity contribution in [2.45, 2.75) is 20.0 Å². The predicted molar refractivity (Wildman–Crippen MR) is 71.8 cm³/mol. The average molecular weight is 272 g/mol. The number of nitriles is 1. The van der Waals surface area contributed by atoms with E-state index in [-0.39, 0.29) is 5.97 Å². The topological polar surface area (TPSA) is 63.0 Å². The second kappa shape index (κ2) is 5.63. The summed E-state index contributed by atoms with van der Waals surface area (Å²) in [4.78, 5) is 16.4. The first-order valence-electron chi connectivity index (χ1n) is 5.73. The highest BCUT2D eigenvalue weighted by molar-refractivity contribution is 7.13. The summed E-state index contributed by atoms with van der Waals surface area (Å²) >= 11 is 1.30. The first-order valence-corrected chi connectivity index (χ1v) is 6.55. The molecule has 0 spiro atoms. The predicted octanol–water partition coefficient (Wildman–Crippen LogP) is 3.24. The number of thiazole rings is 1. The van der Waals surface area contributed by atoms with Gasteiger partial charge in [-0.05, 0) is 31.5 Å². The van der Waals surface area contributed by atoms with E-state index in [2.05, 4.69) is 11.1 Å². The van der Waals surface area contributed by atoms with E-state index in [0.29, 0.717) is 10.4 Å². The van der Waals surface area contributed by atoms with E-state index in [9.17, 15) is 4.79 Å². The summed E-state index contributed by atoms with van der Waals surface area (Å²) in [5.74, 6) is -0.388. The standard InChI is InChI=1S/C14H12N2O2S/c1-9(12-5-3-4-11(6-12)7-15)18-14(17)13-8-16-10(2)19-13/h3-6,8-9H,1-2H3. The fourth-order valence-corrected chi connectivity index (χ4v) is 2.26. The third-order valence-corrected chi connectivity index (χ3v) is 3.48. The molecule has 2 rings (SSSR count). The van der Waals surface area contributed by atoms with Gasteiger partial charge < -0.3 is 4.74 Å². The van der Waals surface area contributed by atoms with Crippen molar-refractivity contribution in [3.8, 4) is 6.07 Å². The Balaban J connectivity index is 2.10. The fraction of sp³-hybridized carbons (Fsp3) is 0.214. The third-order valence-electron chi connectivity index (χ3n) is 2.59. The maximum atomic E-state index is 11.9. The summed E-state index contributed by atoms with van der Waals surface area (Å²) in [6, 6.07) is 9.10. The normalized spacial score (nSPS) is 11.6. The number of ether oxygens (including phenoxy) is 1. The second-order valence-electron chi connectivity index (χ2n) is 4.03. The summed E-state index contributed by atoms with van der Waals surface area (Å²) in [7, 11) is 0. The molecule has 0 aliphatic rings. The molecule has 1 aromatic heterocycles. The van der Waals surface area contributed by atoms with Gasteiger partial charge in [0.05, 0.1) is 22.8 Å². The Bertz CT molecular complexity index is 643. The number of aromatic nitrogens is 1. The number of aryl methyl sites for hydroxylation is 1. The van der Waals surface area contributed by atoms with Crippen LogP contribution in [0.2, 0.25) is 0 Å². The van der Waals surface area contributed by atoms with Gasteiger partial charge in [-0.15, -0.1) is 11.3 Å². The minimum Gasteiger partial charge on any atom is -0.454 e. The van der Waals surface area contributed by atoms with Gasteiger partial charge in [-0.2, -0.15) is 5.26 Å². The second-order valence-corrected chi connectivity index (χ2v) is 5.26. The molecule has 0 aliphatic carbocycles. The molecule has 1 unspecified atom stereocenters. The molecule has 1 heterocycles. The summed E-state index contributed by atoms with van der Waals surface area (Å²) < 4.78 is 5.36. The molecule has 0 saturated heterocycles. The van der Waals surface area contributed by atoms with Crippen molar-refractivity contribution in [1.29, 1.82) is 5.26 Å². The average Bonchev–Trinajstić information content (AvgIpc) is 2.85. The van der Waals surface area contributed by atoms with E-state index in [1.165, 1.54) is 17.5 Å². The van der Waals surface area contributed by atoms with Crippen molar-refractivity contribution in [2.24, 2.45) is 0 Å². The van der Waals surface area contributed by atoms with Crippen LogP contribution in [0.15, 0.2) is 30.5 Å². The summed E-state index contributed by atoms with van der Waals surface area (Å²) in [5.41, 5.74) is 1.35. The molecule has 0 fully saturated rings. The maximum absolute atomic E-state index is 11.9. The van der Waals surface area contributed by atoms with Crippen LogP contribution >= 0.6 is 11.3 Å². The van der Waals surface area contributed by atoms with Crippen molar-refractivity contribution in [3.05, 3.63) is 51.5 Å². The molecule has 0 aliphatic heterocycles. The largest absolute Gasteiger partial charge is 0.454 e. The van der Waals surface area contributed by atoms with Gasteiger partial charge in [0.15, 0.2) is 0 Å². The number of carbonyl (C=O) groups excluding carboxylic acids is 1. The van der Waals surface area contributed by atoms with E-state index in [4.69, 9.17) is 10.00 Å². The quantitative estimate of drug-likeness (QED) is 0.805. The highest BCUT2D eigenvalue weighted by Gasteiger charge is 2.16. The van der Waals surface area contributed by atoms with Gasteiger partial charge in [-0.1, -0.05) is 12.1 Å². The van der Waals surface area contributed by atoms with E-state index in [1.807, 2.05) is 13.0 Å². The number of benzene rings is 1. The highest BCUT2D eigenvalue weighted by Crippen LogP contribution is 2.21. The Kier molecular flexibility index (Phi) is 3.93. The lowest BCUT2D eigenvalue weighted by Gasteiger charge is -2.12. The molecule has 2 aromatic rings. The minimum atomic E-state index is -0.400. The first-order chi connectivity index (χ1) is 9.10. The summed E-state index contributed by atoms with van der Waals surface area (Å²) in [6.45, 7) is 3.61. The van der Waals surface area contributed by atoms with Crippen LogP contribution in [0.25, 0.3) is 0 Å². The van der Waals surface area contributed by atoms with Crippen LogP contribution in [-0.2, 0) is 4.74 Å². The molecule has 0 saturated carbocycles. The zero-order valence-corrected chi connectivity index (χ0v) is 11.4. The Morgan fingerprint density at radius 2 is 2.32 bits per heavy atom. The van der Waals surface area contributed by atoms with Gasteiger partial charge in [0.1, 0.15) is 11.0 Å². The van der Waals surface area contributed by atoms with Crippen LogP contribution in [0.1, 0.15) is 38.8 Å². The van der Waals surface area contributed by atoms with Crippen molar-refractivity contribution < 1.29 is 9.53 Å². The lowest BCUT2D eigenvalue weighted by Crippen LogP contribution is -2.08. The number of rotatable bonds is 3. The van der Waals surface area contributed by atoms with Crippen LogP contribution in [0, 0.1) is 18.3 Å². The molecule has 0 N–H and O–H groups in total. The smallest absolute Gasteiger partial charge is 0.350 e. The van der Waals surface area contributed by atoms with Gasteiger partial charge in [0.2, 0.25) is 0 Å². The monoisotopic (exact) mass is 272 g/mol. The zero-order valence-electron chi connectivity index (χ0n) is 10.6. The maximum Gasteiger partial charge on any atom is 0.350 e. The summed E-state index contributed by atoms with van der Waals surface area (Å²) in [5, 5.41) is 9.67. The van der Waals surface area contributed by atoms with Gasteiger partial charge in [0.25, 0.3) is 0 Å². The SMILES string of the molecule is Cc1ncc(C(=O)OC(C)c2cccc(C#N)c2)s1. The van der Waals surface area contributed by atoms with Crippen molar-refractivity contribution >= 4 is 17.3 Å². The van der Waals surface area contributed by atoms with Gasteiger partial charge in [-0.25, -0.2) is 9.78 Å². The number of hydrogen-bond acceptors (Lipinski definition) is 5. The van der Waals surface area contributed by atoms with Crippen LogP contribution in [-0.4, -0.2) is 11.0 Å². The Labute approximate surface area is 115 Å². The Hall–Kier alpha value is -2.19. The molecule has 5 heteroatoms. The lowest BCUT2D eigenvalue weighted by atomic mass is 10.1. The lowest BCUT2D eigenvalue weighted by molar-refractivity contribution is 0.0343. The Morgan fingerprint density at radius 3 is 2.95 bits per heavy atom.